The average molecular weight is 262 g/mol. The number of hydrogen-bond acceptors (Lipinski definition) is 4. The van der Waals surface area contributed by atoms with Gasteiger partial charge >= 0.3 is 0 Å². The molecule has 1 amide bonds. The summed E-state index contributed by atoms with van der Waals surface area (Å²) in [5.41, 5.74) is 5.42. The fraction of sp³-hybridized carbons (Fsp3) is 0.909. The lowest BCUT2D eigenvalue weighted by Gasteiger charge is -2.17. The van der Waals surface area contributed by atoms with Gasteiger partial charge in [0.1, 0.15) is 0 Å². The second kappa shape index (κ2) is 6.35. The lowest BCUT2D eigenvalue weighted by atomic mass is 9.99. The minimum absolute atomic E-state index is 0.0250. The molecule has 0 saturated carbocycles. The summed E-state index contributed by atoms with van der Waals surface area (Å²) in [6.45, 7) is 2.55. The third-order valence-corrected chi connectivity index (χ3v) is 4.97. The number of carbonyl (C=O) groups is 1. The third kappa shape index (κ3) is 4.63. The number of amides is 1. The third-order valence-electron chi connectivity index (χ3n) is 3.20. The van der Waals surface area contributed by atoms with Crippen molar-refractivity contribution in [3.8, 4) is 0 Å². The molecule has 5 nitrogen and oxygen atoms in total. The zero-order valence-electron chi connectivity index (χ0n) is 10.3. The molecular formula is C11H22N2O3S. The van der Waals surface area contributed by atoms with E-state index in [0.29, 0.717) is 13.0 Å². The van der Waals surface area contributed by atoms with Crippen LogP contribution in [-0.2, 0) is 14.6 Å². The SMILES string of the molecule is CCC(CCCN)C(=O)NC1CCS(=O)(=O)C1. The van der Waals surface area contributed by atoms with Crippen molar-refractivity contribution in [3.63, 3.8) is 0 Å². The molecule has 0 aliphatic carbocycles. The predicted molar refractivity (Wildman–Crippen MR) is 67.3 cm³/mol. The number of rotatable bonds is 6. The highest BCUT2D eigenvalue weighted by atomic mass is 32.2. The first-order valence-corrected chi connectivity index (χ1v) is 8.01. The number of hydrogen-bond donors (Lipinski definition) is 2. The fourth-order valence-electron chi connectivity index (χ4n) is 2.11. The molecule has 1 rings (SSSR count). The van der Waals surface area contributed by atoms with Crippen LogP contribution in [-0.4, -0.2) is 38.4 Å². The average Bonchev–Trinajstić information content (AvgIpc) is 2.59. The van der Waals surface area contributed by atoms with Gasteiger partial charge in [0.25, 0.3) is 0 Å². The van der Waals surface area contributed by atoms with Gasteiger partial charge in [0.05, 0.1) is 11.5 Å². The summed E-state index contributed by atoms with van der Waals surface area (Å²) < 4.78 is 22.5. The van der Waals surface area contributed by atoms with Crippen LogP contribution in [0.3, 0.4) is 0 Å². The molecule has 2 unspecified atom stereocenters. The minimum Gasteiger partial charge on any atom is -0.352 e. The summed E-state index contributed by atoms with van der Waals surface area (Å²) in [7, 11) is -2.93. The van der Waals surface area contributed by atoms with Crippen molar-refractivity contribution >= 4 is 15.7 Å². The van der Waals surface area contributed by atoms with Crippen LogP contribution in [0.1, 0.15) is 32.6 Å². The molecule has 100 valence electrons. The largest absolute Gasteiger partial charge is 0.352 e. The molecule has 0 aromatic rings. The molecule has 1 fully saturated rings. The van der Waals surface area contributed by atoms with Gasteiger partial charge < -0.3 is 11.1 Å². The summed E-state index contributed by atoms with van der Waals surface area (Å²) in [4.78, 5) is 11.9. The van der Waals surface area contributed by atoms with Crippen LogP contribution >= 0.6 is 0 Å². The number of nitrogens with one attached hydrogen (secondary N) is 1. The van der Waals surface area contributed by atoms with Gasteiger partial charge in [-0.15, -0.1) is 0 Å². The Bertz CT molecular complexity index is 354. The smallest absolute Gasteiger partial charge is 0.223 e. The van der Waals surface area contributed by atoms with Gasteiger partial charge in [0.2, 0.25) is 5.91 Å². The lowest BCUT2D eigenvalue weighted by Crippen LogP contribution is -2.39. The quantitative estimate of drug-likeness (QED) is 0.708. The Morgan fingerprint density at radius 2 is 2.24 bits per heavy atom. The van der Waals surface area contributed by atoms with Crippen LogP contribution in [0.5, 0.6) is 0 Å². The number of carbonyl (C=O) groups excluding carboxylic acids is 1. The Hall–Kier alpha value is -0.620. The van der Waals surface area contributed by atoms with E-state index in [2.05, 4.69) is 5.32 Å². The van der Waals surface area contributed by atoms with Crippen molar-refractivity contribution < 1.29 is 13.2 Å². The van der Waals surface area contributed by atoms with Gasteiger partial charge in [0.15, 0.2) is 9.84 Å². The molecule has 6 heteroatoms. The van der Waals surface area contributed by atoms with Crippen molar-refractivity contribution in [2.24, 2.45) is 11.7 Å². The van der Waals surface area contributed by atoms with E-state index < -0.39 is 9.84 Å². The molecule has 17 heavy (non-hydrogen) atoms. The first-order chi connectivity index (χ1) is 7.98. The summed E-state index contributed by atoms with van der Waals surface area (Å²) in [6.07, 6.45) is 2.92. The van der Waals surface area contributed by atoms with E-state index in [4.69, 9.17) is 5.73 Å². The highest BCUT2D eigenvalue weighted by Crippen LogP contribution is 2.15. The molecular weight excluding hydrogens is 240 g/mol. The first kappa shape index (κ1) is 14.4. The van der Waals surface area contributed by atoms with Gasteiger partial charge in [-0.1, -0.05) is 6.92 Å². The molecule has 0 aromatic carbocycles. The van der Waals surface area contributed by atoms with Gasteiger partial charge in [-0.2, -0.15) is 0 Å². The maximum absolute atomic E-state index is 11.9. The molecule has 1 saturated heterocycles. The van der Waals surface area contributed by atoms with E-state index in [0.717, 1.165) is 19.3 Å². The standard InChI is InChI=1S/C11H22N2O3S/c1-2-9(4-3-6-12)11(14)13-10-5-7-17(15,16)8-10/h9-10H,2-8,12H2,1H3,(H,13,14). The van der Waals surface area contributed by atoms with Crippen molar-refractivity contribution in [2.45, 2.75) is 38.6 Å². The molecule has 1 heterocycles. The highest BCUT2D eigenvalue weighted by molar-refractivity contribution is 7.91. The molecule has 0 bridgehead atoms. The number of nitrogens with two attached hydrogens (primary N) is 1. The first-order valence-electron chi connectivity index (χ1n) is 6.19. The van der Waals surface area contributed by atoms with Crippen molar-refractivity contribution in [3.05, 3.63) is 0 Å². The van der Waals surface area contributed by atoms with Gasteiger partial charge in [0, 0.05) is 12.0 Å². The monoisotopic (exact) mass is 262 g/mol. The molecule has 3 N–H and O–H groups in total. The van der Waals surface area contributed by atoms with E-state index in [1.165, 1.54) is 0 Å². The zero-order chi connectivity index (χ0) is 12.9. The number of sulfone groups is 1. The molecule has 0 spiro atoms. The molecule has 2 atom stereocenters. The van der Waals surface area contributed by atoms with Gasteiger partial charge in [-0.05, 0) is 32.2 Å². The Balaban J connectivity index is 2.42. The molecule has 0 radical (unpaired) electrons. The molecule has 1 aliphatic rings. The van der Waals surface area contributed by atoms with E-state index >= 15 is 0 Å². The van der Waals surface area contributed by atoms with E-state index in [1.54, 1.807) is 0 Å². The Kier molecular flexibility index (Phi) is 5.39. The second-order valence-electron chi connectivity index (χ2n) is 4.64. The van der Waals surface area contributed by atoms with Crippen LogP contribution in [0.25, 0.3) is 0 Å². The minimum atomic E-state index is -2.93. The maximum Gasteiger partial charge on any atom is 0.223 e. The van der Waals surface area contributed by atoms with Crippen LogP contribution in [0.2, 0.25) is 0 Å². The summed E-state index contributed by atoms with van der Waals surface area (Å²) in [5.74, 6) is 0.216. The van der Waals surface area contributed by atoms with Crippen molar-refractivity contribution in [2.75, 3.05) is 18.1 Å². The van der Waals surface area contributed by atoms with E-state index in [1.807, 2.05) is 6.92 Å². The van der Waals surface area contributed by atoms with Crippen molar-refractivity contribution in [1.29, 1.82) is 0 Å². The van der Waals surface area contributed by atoms with Gasteiger partial charge in [-0.3, -0.25) is 4.79 Å². The van der Waals surface area contributed by atoms with Crippen molar-refractivity contribution in [1.82, 2.24) is 5.32 Å². The molecule has 0 aromatic heterocycles. The van der Waals surface area contributed by atoms with E-state index in [-0.39, 0.29) is 29.4 Å². The maximum atomic E-state index is 11.9. The topological polar surface area (TPSA) is 89.3 Å². The Morgan fingerprint density at radius 3 is 2.71 bits per heavy atom. The second-order valence-corrected chi connectivity index (χ2v) is 6.87. The summed E-state index contributed by atoms with van der Waals surface area (Å²) >= 11 is 0. The summed E-state index contributed by atoms with van der Waals surface area (Å²) in [5, 5.41) is 2.84. The normalized spacial score (nSPS) is 24.5. The lowest BCUT2D eigenvalue weighted by molar-refractivity contribution is -0.125. The summed E-state index contributed by atoms with van der Waals surface area (Å²) in [6, 6.07) is -0.195. The predicted octanol–water partition coefficient (Wildman–Crippen LogP) is 0.0548. The van der Waals surface area contributed by atoms with Crippen LogP contribution < -0.4 is 11.1 Å². The molecule has 1 aliphatic heterocycles. The van der Waals surface area contributed by atoms with E-state index in [9.17, 15) is 13.2 Å². The van der Waals surface area contributed by atoms with Gasteiger partial charge in [-0.25, -0.2) is 8.42 Å². The Labute approximate surface area is 103 Å². The van der Waals surface area contributed by atoms with Crippen LogP contribution in [0.4, 0.5) is 0 Å². The fourth-order valence-corrected chi connectivity index (χ4v) is 3.79. The van der Waals surface area contributed by atoms with Crippen LogP contribution in [0.15, 0.2) is 0 Å². The highest BCUT2D eigenvalue weighted by Gasteiger charge is 2.30. The Morgan fingerprint density at radius 1 is 1.53 bits per heavy atom. The van der Waals surface area contributed by atoms with Crippen LogP contribution in [0, 0.1) is 5.92 Å². The zero-order valence-corrected chi connectivity index (χ0v) is 11.1.